The minimum absolute atomic E-state index is 0.262. The SMILES string of the molecule is Cc1cc(O)cc(C)c1C(C)(C)C#N. The van der Waals surface area contributed by atoms with Crippen LogP contribution >= 0.6 is 0 Å². The van der Waals surface area contributed by atoms with E-state index in [2.05, 4.69) is 6.07 Å². The summed E-state index contributed by atoms with van der Waals surface area (Å²) in [6.07, 6.45) is 0. The largest absolute Gasteiger partial charge is 0.508 e. The molecule has 0 aromatic heterocycles. The van der Waals surface area contributed by atoms with Gasteiger partial charge in [-0.3, -0.25) is 0 Å². The van der Waals surface area contributed by atoms with Crippen molar-refractivity contribution in [2.24, 2.45) is 0 Å². The minimum Gasteiger partial charge on any atom is -0.508 e. The first kappa shape index (κ1) is 10.6. The Hall–Kier alpha value is -1.49. The molecule has 0 saturated heterocycles. The maximum atomic E-state index is 9.37. The molecule has 0 heterocycles. The second kappa shape index (κ2) is 3.34. The molecule has 2 heteroatoms. The van der Waals surface area contributed by atoms with Crippen LogP contribution in [0.15, 0.2) is 12.1 Å². The lowest BCUT2D eigenvalue weighted by molar-refractivity contribution is 0.473. The molecule has 0 amide bonds. The number of nitrogens with zero attached hydrogens (tertiary/aromatic N) is 1. The van der Waals surface area contributed by atoms with E-state index in [-0.39, 0.29) is 5.75 Å². The normalized spacial score (nSPS) is 11.1. The molecule has 0 saturated carbocycles. The molecule has 1 rings (SSSR count). The van der Waals surface area contributed by atoms with Gasteiger partial charge in [-0.05, 0) is 56.5 Å². The minimum atomic E-state index is -0.498. The molecule has 0 bridgehead atoms. The van der Waals surface area contributed by atoms with Crippen LogP contribution in [0.1, 0.15) is 30.5 Å². The molecule has 0 radical (unpaired) electrons. The summed E-state index contributed by atoms with van der Waals surface area (Å²) >= 11 is 0. The van der Waals surface area contributed by atoms with Crippen molar-refractivity contribution in [1.29, 1.82) is 5.26 Å². The first-order valence-corrected chi connectivity index (χ1v) is 4.60. The fourth-order valence-corrected chi connectivity index (χ4v) is 1.98. The van der Waals surface area contributed by atoms with Crippen LogP contribution in [0.5, 0.6) is 5.75 Å². The van der Waals surface area contributed by atoms with E-state index in [0.717, 1.165) is 16.7 Å². The van der Waals surface area contributed by atoms with Crippen LogP contribution in [-0.4, -0.2) is 5.11 Å². The third kappa shape index (κ3) is 1.72. The van der Waals surface area contributed by atoms with Crippen molar-refractivity contribution in [2.75, 3.05) is 0 Å². The van der Waals surface area contributed by atoms with E-state index in [9.17, 15) is 5.11 Å². The van der Waals surface area contributed by atoms with Crippen molar-refractivity contribution in [3.8, 4) is 11.8 Å². The Morgan fingerprint density at radius 3 is 2.00 bits per heavy atom. The van der Waals surface area contributed by atoms with Gasteiger partial charge in [-0.2, -0.15) is 5.26 Å². The Labute approximate surface area is 84.8 Å². The summed E-state index contributed by atoms with van der Waals surface area (Å²) in [6, 6.07) is 5.67. The lowest BCUT2D eigenvalue weighted by Crippen LogP contribution is -2.17. The molecule has 0 unspecified atom stereocenters. The molecule has 0 spiro atoms. The maximum absolute atomic E-state index is 9.37. The molecule has 74 valence electrons. The molecular weight excluding hydrogens is 174 g/mol. The van der Waals surface area contributed by atoms with Crippen LogP contribution in [0.25, 0.3) is 0 Å². The van der Waals surface area contributed by atoms with Crippen LogP contribution in [0.3, 0.4) is 0 Å². The van der Waals surface area contributed by atoms with Crippen molar-refractivity contribution >= 4 is 0 Å². The lowest BCUT2D eigenvalue weighted by atomic mass is 9.81. The molecule has 1 aromatic carbocycles. The third-order valence-corrected chi connectivity index (χ3v) is 2.42. The average Bonchev–Trinajstić information content (AvgIpc) is 2.01. The number of rotatable bonds is 1. The summed E-state index contributed by atoms with van der Waals surface area (Å²) in [6.45, 7) is 7.61. The van der Waals surface area contributed by atoms with Crippen LogP contribution in [0, 0.1) is 25.2 Å². The van der Waals surface area contributed by atoms with Gasteiger partial charge in [0.05, 0.1) is 11.5 Å². The molecule has 2 nitrogen and oxygen atoms in total. The molecule has 1 N–H and O–H groups in total. The number of nitriles is 1. The smallest absolute Gasteiger partial charge is 0.116 e. The zero-order valence-corrected chi connectivity index (χ0v) is 9.05. The van der Waals surface area contributed by atoms with Crippen LogP contribution in [0.4, 0.5) is 0 Å². The van der Waals surface area contributed by atoms with Gasteiger partial charge in [0.25, 0.3) is 0 Å². The molecule has 0 atom stereocenters. The monoisotopic (exact) mass is 189 g/mol. The summed E-state index contributed by atoms with van der Waals surface area (Å²) in [5, 5.41) is 18.4. The Morgan fingerprint density at radius 2 is 1.64 bits per heavy atom. The van der Waals surface area contributed by atoms with E-state index >= 15 is 0 Å². The third-order valence-electron chi connectivity index (χ3n) is 2.42. The summed E-state index contributed by atoms with van der Waals surface area (Å²) in [7, 11) is 0. The predicted molar refractivity (Wildman–Crippen MR) is 56.2 cm³/mol. The van der Waals surface area contributed by atoms with Crippen molar-refractivity contribution in [3.05, 3.63) is 28.8 Å². The van der Waals surface area contributed by atoms with Gasteiger partial charge in [0, 0.05) is 0 Å². The summed E-state index contributed by atoms with van der Waals surface area (Å²) in [5.74, 6) is 0.262. The highest BCUT2D eigenvalue weighted by molar-refractivity contribution is 5.46. The number of phenolic OH excluding ortho intramolecular Hbond substituents is 1. The van der Waals surface area contributed by atoms with Gasteiger partial charge in [-0.25, -0.2) is 0 Å². The van der Waals surface area contributed by atoms with E-state index in [1.54, 1.807) is 12.1 Å². The number of hydrogen-bond acceptors (Lipinski definition) is 2. The molecule has 0 fully saturated rings. The fraction of sp³-hybridized carbons (Fsp3) is 0.417. The number of benzene rings is 1. The lowest BCUT2D eigenvalue weighted by Gasteiger charge is -2.21. The zero-order valence-electron chi connectivity index (χ0n) is 9.05. The summed E-state index contributed by atoms with van der Waals surface area (Å²) in [4.78, 5) is 0. The highest BCUT2D eigenvalue weighted by Gasteiger charge is 2.24. The Balaban J connectivity index is 3.44. The van der Waals surface area contributed by atoms with Gasteiger partial charge in [-0.15, -0.1) is 0 Å². The van der Waals surface area contributed by atoms with Gasteiger partial charge in [0.15, 0.2) is 0 Å². The highest BCUT2D eigenvalue weighted by atomic mass is 16.3. The summed E-state index contributed by atoms with van der Waals surface area (Å²) in [5.41, 5.74) is 2.45. The van der Waals surface area contributed by atoms with Gasteiger partial charge in [0.2, 0.25) is 0 Å². The number of phenols is 1. The first-order valence-electron chi connectivity index (χ1n) is 4.60. The molecule has 0 aliphatic heterocycles. The van der Waals surface area contributed by atoms with E-state index in [1.165, 1.54) is 0 Å². The highest BCUT2D eigenvalue weighted by Crippen LogP contribution is 2.31. The van der Waals surface area contributed by atoms with Gasteiger partial charge < -0.3 is 5.11 Å². The Kier molecular flexibility index (Phi) is 2.53. The van der Waals surface area contributed by atoms with Gasteiger partial charge in [-0.1, -0.05) is 0 Å². The van der Waals surface area contributed by atoms with E-state index in [1.807, 2.05) is 27.7 Å². The molecule has 14 heavy (non-hydrogen) atoms. The quantitative estimate of drug-likeness (QED) is 0.738. The standard InChI is InChI=1S/C12H15NO/c1-8-5-10(14)6-9(2)11(8)12(3,4)7-13/h5-6,14H,1-4H3. The van der Waals surface area contributed by atoms with Crippen molar-refractivity contribution in [3.63, 3.8) is 0 Å². The van der Waals surface area contributed by atoms with E-state index < -0.39 is 5.41 Å². The molecule has 0 aliphatic carbocycles. The Morgan fingerprint density at radius 1 is 1.21 bits per heavy atom. The van der Waals surface area contributed by atoms with Crippen molar-refractivity contribution < 1.29 is 5.11 Å². The number of aromatic hydroxyl groups is 1. The topological polar surface area (TPSA) is 44.0 Å². The van der Waals surface area contributed by atoms with Gasteiger partial charge >= 0.3 is 0 Å². The molecule has 0 aliphatic rings. The van der Waals surface area contributed by atoms with E-state index in [0.29, 0.717) is 0 Å². The van der Waals surface area contributed by atoms with Gasteiger partial charge in [0.1, 0.15) is 5.75 Å². The van der Waals surface area contributed by atoms with Crippen LogP contribution < -0.4 is 0 Å². The zero-order chi connectivity index (χ0) is 10.9. The average molecular weight is 189 g/mol. The van der Waals surface area contributed by atoms with Crippen molar-refractivity contribution in [1.82, 2.24) is 0 Å². The fourth-order valence-electron chi connectivity index (χ4n) is 1.98. The van der Waals surface area contributed by atoms with E-state index in [4.69, 9.17) is 5.26 Å². The van der Waals surface area contributed by atoms with Crippen molar-refractivity contribution in [2.45, 2.75) is 33.1 Å². The second-order valence-electron chi connectivity index (χ2n) is 4.19. The summed E-state index contributed by atoms with van der Waals surface area (Å²) < 4.78 is 0. The predicted octanol–water partition coefficient (Wildman–Crippen LogP) is 2.81. The Bertz CT molecular complexity index is 376. The number of aryl methyl sites for hydroxylation is 2. The van der Waals surface area contributed by atoms with Crippen LogP contribution in [0.2, 0.25) is 0 Å². The van der Waals surface area contributed by atoms with Crippen LogP contribution in [-0.2, 0) is 5.41 Å². The molecule has 1 aromatic rings. The first-order chi connectivity index (χ1) is 6.38. The second-order valence-corrected chi connectivity index (χ2v) is 4.19. The molecular formula is C12H15NO. The maximum Gasteiger partial charge on any atom is 0.116 e. The number of hydrogen-bond donors (Lipinski definition) is 1.